The molecular formula is C7H7ClF2N2O3S. The number of halogens is 3. The van der Waals surface area contributed by atoms with Crippen LogP contribution >= 0.6 is 10.7 Å². The van der Waals surface area contributed by atoms with Crippen molar-refractivity contribution in [2.75, 3.05) is 12.8 Å². The molecule has 0 amide bonds. The van der Waals surface area contributed by atoms with E-state index in [0.29, 0.717) is 6.20 Å². The number of nitrogen functional groups attached to an aromatic ring is 1. The van der Waals surface area contributed by atoms with Gasteiger partial charge in [-0.05, 0) is 0 Å². The van der Waals surface area contributed by atoms with Crippen molar-refractivity contribution >= 4 is 25.6 Å². The average Bonchev–Trinajstić information content (AvgIpc) is 2.14. The number of nitrogens with two attached hydrogens (primary N) is 1. The first-order chi connectivity index (χ1) is 7.29. The van der Waals surface area contributed by atoms with Gasteiger partial charge in [0.2, 0.25) is 0 Å². The van der Waals surface area contributed by atoms with Gasteiger partial charge in [0.05, 0.1) is 12.7 Å². The van der Waals surface area contributed by atoms with Crippen molar-refractivity contribution in [3.05, 3.63) is 11.8 Å². The van der Waals surface area contributed by atoms with Gasteiger partial charge in [0.1, 0.15) is 4.90 Å². The van der Waals surface area contributed by atoms with Crippen LogP contribution in [0, 0.1) is 0 Å². The SMILES string of the molecule is COc1c(N)ncc(S(=O)(=O)Cl)c1C(F)F. The van der Waals surface area contributed by atoms with E-state index in [2.05, 4.69) is 9.72 Å². The Morgan fingerprint density at radius 3 is 2.50 bits per heavy atom. The van der Waals surface area contributed by atoms with E-state index >= 15 is 0 Å². The molecule has 9 heteroatoms. The zero-order valence-electron chi connectivity index (χ0n) is 7.95. The quantitative estimate of drug-likeness (QED) is 0.844. The fraction of sp³-hybridized carbons (Fsp3) is 0.286. The van der Waals surface area contributed by atoms with Crippen molar-refractivity contribution in [2.45, 2.75) is 11.3 Å². The van der Waals surface area contributed by atoms with Gasteiger partial charge in [0, 0.05) is 16.9 Å². The van der Waals surface area contributed by atoms with Crippen molar-refractivity contribution in [1.29, 1.82) is 0 Å². The molecular weight excluding hydrogens is 266 g/mol. The summed E-state index contributed by atoms with van der Waals surface area (Å²) >= 11 is 0. The smallest absolute Gasteiger partial charge is 0.268 e. The number of pyridine rings is 1. The lowest BCUT2D eigenvalue weighted by atomic mass is 10.2. The molecule has 0 bridgehead atoms. The highest BCUT2D eigenvalue weighted by Gasteiger charge is 2.28. The first kappa shape index (κ1) is 12.9. The molecule has 2 N–H and O–H groups in total. The van der Waals surface area contributed by atoms with Crippen molar-refractivity contribution in [3.63, 3.8) is 0 Å². The van der Waals surface area contributed by atoms with Gasteiger partial charge in [0.25, 0.3) is 15.5 Å². The lowest BCUT2D eigenvalue weighted by Crippen LogP contribution is -2.06. The summed E-state index contributed by atoms with van der Waals surface area (Å²) in [5, 5.41) is 0. The second-order valence-corrected chi connectivity index (χ2v) is 5.23. The first-order valence-electron chi connectivity index (χ1n) is 3.84. The van der Waals surface area contributed by atoms with Crippen LogP contribution in [0.15, 0.2) is 11.1 Å². The molecule has 0 radical (unpaired) electrons. The Kier molecular flexibility index (Phi) is 3.54. The van der Waals surface area contributed by atoms with Crippen LogP contribution in [0.5, 0.6) is 5.75 Å². The summed E-state index contributed by atoms with van der Waals surface area (Å²) in [7, 11) is 1.73. The standard InChI is InChI=1S/C7H7ClF2N2O3S/c1-15-5-4(6(9)10)3(16(8,13)14)2-12-7(5)11/h2,6H,1H3,(H2,11,12). The van der Waals surface area contributed by atoms with E-state index in [-0.39, 0.29) is 5.82 Å². The maximum absolute atomic E-state index is 12.7. The molecule has 1 aromatic heterocycles. The van der Waals surface area contributed by atoms with Crippen LogP contribution in [0.3, 0.4) is 0 Å². The van der Waals surface area contributed by atoms with E-state index in [1.807, 2.05) is 0 Å². The van der Waals surface area contributed by atoms with Gasteiger partial charge in [-0.1, -0.05) is 0 Å². The topological polar surface area (TPSA) is 82.3 Å². The predicted molar refractivity (Wildman–Crippen MR) is 53.2 cm³/mol. The van der Waals surface area contributed by atoms with Crippen LogP contribution < -0.4 is 10.5 Å². The number of aromatic nitrogens is 1. The summed E-state index contributed by atoms with van der Waals surface area (Å²) in [6.07, 6.45) is -2.43. The molecule has 0 aliphatic rings. The summed E-state index contributed by atoms with van der Waals surface area (Å²) in [4.78, 5) is 2.61. The van der Waals surface area contributed by atoms with E-state index in [9.17, 15) is 17.2 Å². The average molecular weight is 273 g/mol. The number of rotatable bonds is 3. The molecule has 0 unspecified atom stereocenters. The van der Waals surface area contributed by atoms with Crippen molar-refractivity contribution in [2.24, 2.45) is 0 Å². The maximum Gasteiger partial charge on any atom is 0.268 e. The van der Waals surface area contributed by atoms with Gasteiger partial charge >= 0.3 is 0 Å². The Bertz CT molecular complexity index is 507. The Hall–Kier alpha value is -1.15. The summed E-state index contributed by atoms with van der Waals surface area (Å²) in [6, 6.07) is 0. The molecule has 0 saturated carbocycles. The summed E-state index contributed by atoms with van der Waals surface area (Å²) in [5.41, 5.74) is 4.39. The fourth-order valence-electron chi connectivity index (χ4n) is 1.12. The molecule has 0 fully saturated rings. The third-order valence-corrected chi connectivity index (χ3v) is 3.10. The lowest BCUT2D eigenvalue weighted by Gasteiger charge is -2.12. The molecule has 0 saturated heterocycles. The number of nitrogens with zero attached hydrogens (tertiary/aromatic N) is 1. The minimum atomic E-state index is -4.33. The van der Waals surface area contributed by atoms with Crippen LogP contribution in [0.4, 0.5) is 14.6 Å². The molecule has 90 valence electrons. The third kappa shape index (κ3) is 2.33. The summed E-state index contributed by atoms with van der Waals surface area (Å²) in [5.74, 6) is -0.821. The second kappa shape index (κ2) is 4.38. The number of hydrogen-bond acceptors (Lipinski definition) is 5. The van der Waals surface area contributed by atoms with E-state index in [1.54, 1.807) is 0 Å². The van der Waals surface area contributed by atoms with E-state index < -0.39 is 31.7 Å². The zero-order valence-corrected chi connectivity index (χ0v) is 9.52. The molecule has 1 heterocycles. The highest BCUT2D eigenvalue weighted by Crippen LogP contribution is 2.38. The number of alkyl halides is 2. The van der Waals surface area contributed by atoms with Crippen LogP contribution in [0.25, 0.3) is 0 Å². The zero-order chi connectivity index (χ0) is 12.5. The van der Waals surface area contributed by atoms with Gasteiger partial charge in [-0.3, -0.25) is 0 Å². The monoisotopic (exact) mass is 272 g/mol. The van der Waals surface area contributed by atoms with Gasteiger partial charge in [-0.25, -0.2) is 22.2 Å². The third-order valence-electron chi connectivity index (χ3n) is 1.75. The molecule has 0 aliphatic carbocycles. The van der Waals surface area contributed by atoms with Gasteiger partial charge < -0.3 is 10.5 Å². The number of hydrogen-bond donors (Lipinski definition) is 1. The van der Waals surface area contributed by atoms with Gasteiger partial charge in [-0.2, -0.15) is 0 Å². The molecule has 1 aromatic rings. The Balaban J connectivity index is 3.65. The summed E-state index contributed by atoms with van der Waals surface area (Å²) in [6.45, 7) is 0. The highest BCUT2D eigenvalue weighted by atomic mass is 35.7. The van der Waals surface area contributed by atoms with E-state index in [4.69, 9.17) is 16.4 Å². The number of ether oxygens (including phenoxy) is 1. The lowest BCUT2D eigenvalue weighted by molar-refractivity contribution is 0.143. The minimum absolute atomic E-state index is 0.332. The minimum Gasteiger partial charge on any atom is -0.492 e. The Morgan fingerprint density at radius 2 is 2.12 bits per heavy atom. The van der Waals surface area contributed by atoms with Crippen LogP contribution in [-0.2, 0) is 9.05 Å². The molecule has 0 atom stereocenters. The van der Waals surface area contributed by atoms with Crippen LogP contribution in [0.1, 0.15) is 12.0 Å². The van der Waals surface area contributed by atoms with Crippen molar-refractivity contribution in [1.82, 2.24) is 4.98 Å². The maximum atomic E-state index is 12.7. The first-order valence-corrected chi connectivity index (χ1v) is 6.15. The molecule has 0 aliphatic heterocycles. The van der Waals surface area contributed by atoms with Crippen LogP contribution in [0.2, 0.25) is 0 Å². The van der Waals surface area contributed by atoms with E-state index in [0.717, 1.165) is 7.11 Å². The fourth-order valence-corrected chi connectivity index (χ4v) is 2.11. The van der Waals surface area contributed by atoms with Crippen molar-refractivity contribution in [3.8, 4) is 5.75 Å². The normalized spacial score (nSPS) is 11.8. The molecule has 0 aromatic carbocycles. The second-order valence-electron chi connectivity index (χ2n) is 2.69. The Morgan fingerprint density at radius 1 is 1.56 bits per heavy atom. The molecule has 16 heavy (non-hydrogen) atoms. The Labute approximate surface area is 94.6 Å². The van der Waals surface area contributed by atoms with Gasteiger partial charge in [-0.15, -0.1) is 0 Å². The number of methoxy groups -OCH3 is 1. The number of anilines is 1. The van der Waals surface area contributed by atoms with Crippen molar-refractivity contribution < 1.29 is 21.9 Å². The van der Waals surface area contributed by atoms with Gasteiger partial charge in [0.15, 0.2) is 11.6 Å². The molecule has 0 spiro atoms. The predicted octanol–water partition coefficient (Wildman–Crippen LogP) is 1.54. The summed E-state index contributed by atoms with van der Waals surface area (Å²) < 4.78 is 52.0. The van der Waals surface area contributed by atoms with E-state index in [1.165, 1.54) is 0 Å². The molecule has 1 rings (SSSR count). The van der Waals surface area contributed by atoms with Crippen LogP contribution in [-0.4, -0.2) is 20.5 Å². The molecule has 5 nitrogen and oxygen atoms in total. The largest absolute Gasteiger partial charge is 0.492 e. The highest BCUT2D eigenvalue weighted by molar-refractivity contribution is 8.13.